The molecule has 87 heavy (non-hydrogen) atoms. The van der Waals surface area contributed by atoms with Gasteiger partial charge in [-0.05, 0) is 89.4 Å². The molecule has 4 N–H and O–H groups in total. The van der Waals surface area contributed by atoms with Crippen LogP contribution in [0.1, 0.15) is 169 Å². The first-order valence-electron chi connectivity index (χ1n) is 31.2. The van der Waals surface area contributed by atoms with E-state index in [1.54, 1.807) is 55.4 Å². The molecule has 1 saturated heterocycles. The Morgan fingerprint density at radius 1 is 0.517 bits per heavy atom. The number of ketones is 1. The number of likely N-dealkylation sites (N-methyl/N-ethyl adjacent to an activating group) is 7. The normalized spacial score (nSPS) is 26.2. The second kappa shape index (κ2) is 35.1. The fourth-order valence-electron chi connectivity index (χ4n) is 10.8. The van der Waals surface area contributed by atoms with Gasteiger partial charge in [-0.15, -0.1) is 0 Å². The summed E-state index contributed by atoms with van der Waals surface area (Å²) in [6.07, 6.45) is 2.07. The van der Waals surface area contributed by atoms with E-state index < -0.39 is 161 Å². The van der Waals surface area contributed by atoms with Crippen LogP contribution in [0.25, 0.3) is 0 Å². The first-order chi connectivity index (χ1) is 40.1. The van der Waals surface area contributed by atoms with Crippen molar-refractivity contribution in [2.45, 2.75) is 235 Å². The van der Waals surface area contributed by atoms with E-state index in [4.69, 9.17) is 4.74 Å². The summed E-state index contributed by atoms with van der Waals surface area (Å²) >= 11 is 0. The Morgan fingerprint density at radius 2 is 0.977 bits per heavy atom. The van der Waals surface area contributed by atoms with Crippen LogP contribution in [-0.2, 0) is 62.3 Å². The van der Waals surface area contributed by atoms with Crippen molar-refractivity contribution in [2.75, 3.05) is 63.0 Å². The van der Waals surface area contributed by atoms with Crippen molar-refractivity contribution in [1.82, 2.24) is 55.6 Å². The Hall–Kier alpha value is -6.20. The number of hydrogen-bond acceptors (Lipinski definition) is 13. The highest BCUT2D eigenvalue weighted by atomic mass is 16.5. The molecule has 1 rings (SSSR count). The van der Waals surface area contributed by atoms with Gasteiger partial charge < -0.3 is 60.3 Å². The van der Waals surface area contributed by atoms with Gasteiger partial charge >= 0.3 is 0 Å². The van der Waals surface area contributed by atoms with Gasteiger partial charge in [-0.25, -0.2) is 0 Å². The van der Waals surface area contributed by atoms with E-state index in [9.17, 15) is 47.9 Å². The second-order valence-corrected chi connectivity index (χ2v) is 26.8. The van der Waals surface area contributed by atoms with Gasteiger partial charge in [0, 0.05) is 68.8 Å². The number of methoxy groups -OCH3 is 1. The summed E-state index contributed by atoms with van der Waals surface area (Å²) in [4.78, 5) is 184. The molecule has 0 unspecified atom stereocenters. The molecule has 11 amide bonds. The van der Waals surface area contributed by atoms with Gasteiger partial charge in [0.25, 0.3) is 5.91 Å². The van der Waals surface area contributed by atoms with Crippen molar-refractivity contribution in [3.05, 3.63) is 0 Å². The molecule has 498 valence electrons. The van der Waals surface area contributed by atoms with E-state index in [2.05, 4.69) is 21.3 Å². The predicted molar refractivity (Wildman–Crippen MR) is 334 cm³/mol. The number of unbranched alkanes of at least 4 members (excludes halogenated alkanes) is 1. The summed E-state index contributed by atoms with van der Waals surface area (Å²) in [6.45, 7) is 28.9. The molecule has 0 saturated carbocycles. The van der Waals surface area contributed by atoms with Crippen molar-refractivity contribution < 1.29 is 62.3 Å². The maximum Gasteiger partial charge on any atom is 0.251 e. The lowest BCUT2D eigenvalue weighted by atomic mass is 9.91. The van der Waals surface area contributed by atoms with Gasteiger partial charge in [0.1, 0.15) is 54.4 Å². The molecule has 24 heteroatoms. The number of carbonyl (C=O) groups excluding carboxylic acids is 12. The Labute approximate surface area is 520 Å². The minimum atomic E-state index is -1.79. The number of nitrogens with zero attached hydrogens (tertiary/aromatic N) is 7. The predicted octanol–water partition coefficient (Wildman–Crippen LogP) is 3.47. The molecule has 24 nitrogen and oxygen atoms in total. The molecule has 0 radical (unpaired) electrons. The molecule has 0 aliphatic carbocycles. The third-order valence-corrected chi connectivity index (χ3v) is 16.7. The van der Waals surface area contributed by atoms with Crippen LogP contribution < -0.4 is 21.3 Å². The molecule has 0 aromatic heterocycles. The number of Topliss-reactive ketones (excluding diaryl/α,β-unsaturated/α-hetero) is 1. The average molecular weight is 1230 g/mol. The monoisotopic (exact) mass is 1230 g/mol. The van der Waals surface area contributed by atoms with Crippen LogP contribution in [0.2, 0.25) is 0 Å². The molecular formula is C63H113N11O13. The third-order valence-electron chi connectivity index (χ3n) is 16.7. The fraction of sp³-hybridized carbons (Fsp3) is 0.810. The number of amides is 11. The average Bonchev–Trinajstić information content (AvgIpc) is 1.91. The summed E-state index contributed by atoms with van der Waals surface area (Å²) in [7, 11) is 11.2. The Bertz CT molecular complexity index is 2400. The van der Waals surface area contributed by atoms with Crippen molar-refractivity contribution in [3.8, 4) is 0 Å². The lowest BCUT2D eigenvalue weighted by Crippen LogP contribution is -2.63. The molecule has 1 heterocycles. The smallest absolute Gasteiger partial charge is 0.251 e. The highest BCUT2D eigenvalue weighted by Gasteiger charge is 2.46. The molecule has 0 bridgehead atoms. The fourth-order valence-corrected chi connectivity index (χ4v) is 10.8. The van der Waals surface area contributed by atoms with Gasteiger partial charge in [-0.1, -0.05) is 103 Å². The first kappa shape index (κ1) is 78.8. The molecule has 1 fully saturated rings. The van der Waals surface area contributed by atoms with Crippen molar-refractivity contribution in [2.24, 2.45) is 35.5 Å². The lowest BCUT2D eigenvalue weighted by Gasteiger charge is -2.40. The minimum Gasteiger partial charge on any atom is -0.379 e. The van der Waals surface area contributed by atoms with Gasteiger partial charge in [-0.3, -0.25) is 57.5 Å². The Balaban J connectivity index is 4.37. The summed E-state index contributed by atoms with van der Waals surface area (Å²) in [5, 5.41) is 10.9. The van der Waals surface area contributed by atoms with E-state index in [1.807, 2.05) is 48.5 Å². The Kier molecular flexibility index (Phi) is 31.8. The number of nitrogens with one attached hydrogen (secondary N) is 4. The van der Waals surface area contributed by atoms with Crippen LogP contribution in [0.5, 0.6) is 0 Å². The van der Waals surface area contributed by atoms with Crippen molar-refractivity contribution >= 4 is 70.8 Å². The standard InChI is InChI=1S/C63H113N11O13/c1-26-28-29-40(13)52(76)51-56(80)66-43(27-2)58(82)68(18)34-48(75)69(19)47(33-63(16,17)87-25)55(79)67-49(38(9)10)61(85)70(20)44(30-35(3)4)54(78)64-41(14)53(77)65-42(15)57(81)71(21)45(31-36(5)6)59(83)72(22)46(32-37(7)8)60(84)73(23)50(39(11)12)62(86)74(51)24/h35-47,49-51H,26-34H2,1-25H3,(H,64,78)(H,65,77)(H,66,80)(H,67,79)/t40-,41+,42-,43+,44+,45+,46+,47+,49+,50+,51+/m1/s1. The van der Waals surface area contributed by atoms with Gasteiger partial charge in [0.15, 0.2) is 11.8 Å². The molecule has 1 aliphatic heterocycles. The number of carbonyl (C=O) groups is 12. The molecule has 0 aromatic carbocycles. The molecular weight excluding hydrogens is 1120 g/mol. The van der Waals surface area contributed by atoms with Gasteiger partial charge in [-0.2, -0.15) is 0 Å². The minimum absolute atomic E-state index is 0.0148. The Morgan fingerprint density at radius 3 is 1.44 bits per heavy atom. The van der Waals surface area contributed by atoms with E-state index in [0.29, 0.717) is 12.8 Å². The SMILES string of the molecule is CCCC[C@@H](C)C(=O)[C@H]1C(=O)N[C@@H](CC)C(=O)N(C)CC(=O)N(C)[C@@H](CC(C)(C)OC)C(=O)N[C@@H](C(C)C)C(=O)N(C)[C@@H](CC(C)C)C(=O)N[C@@H](C)C(=O)N[C@H](C)C(=O)N(C)[C@@H](CC(C)C)C(=O)N(C)[C@@H](CC(C)C)C(=O)N(C)[C@@H](C(C)C)C(=O)N1C. The summed E-state index contributed by atoms with van der Waals surface area (Å²) in [5.41, 5.74) is -1.01. The van der Waals surface area contributed by atoms with Crippen molar-refractivity contribution in [1.29, 1.82) is 0 Å². The maximum atomic E-state index is 15.1. The summed E-state index contributed by atoms with van der Waals surface area (Å²) in [6, 6.07) is -12.9. The molecule has 0 aromatic rings. The summed E-state index contributed by atoms with van der Waals surface area (Å²) < 4.78 is 5.71. The van der Waals surface area contributed by atoms with E-state index in [0.717, 1.165) is 21.1 Å². The highest BCUT2D eigenvalue weighted by Crippen LogP contribution is 2.26. The van der Waals surface area contributed by atoms with E-state index >= 15 is 9.59 Å². The van der Waals surface area contributed by atoms with Crippen LogP contribution in [0.4, 0.5) is 0 Å². The zero-order chi connectivity index (χ0) is 67.6. The topological polar surface area (TPSA) is 285 Å². The molecule has 1 aliphatic rings. The van der Waals surface area contributed by atoms with Crippen molar-refractivity contribution in [3.63, 3.8) is 0 Å². The quantitative estimate of drug-likeness (QED) is 0.152. The molecule has 11 atom stereocenters. The van der Waals surface area contributed by atoms with Crippen LogP contribution in [-0.4, -0.2) is 234 Å². The number of rotatable bonds is 17. The van der Waals surface area contributed by atoms with Gasteiger partial charge in [0.2, 0.25) is 59.1 Å². The van der Waals surface area contributed by atoms with E-state index in [-0.39, 0.29) is 49.9 Å². The zero-order valence-electron chi connectivity index (χ0n) is 57.5. The zero-order valence-corrected chi connectivity index (χ0v) is 57.5. The van der Waals surface area contributed by atoms with Crippen LogP contribution in [0.15, 0.2) is 0 Å². The van der Waals surface area contributed by atoms with Gasteiger partial charge in [0.05, 0.1) is 12.1 Å². The molecule has 0 spiro atoms. The van der Waals surface area contributed by atoms with Crippen LogP contribution in [0, 0.1) is 35.5 Å². The lowest BCUT2D eigenvalue weighted by molar-refractivity contribution is -0.157. The number of ether oxygens (including phenoxy) is 1. The van der Waals surface area contributed by atoms with E-state index in [1.165, 1.54) is 89.9 Å². The van der Waals surface area contributed by atoms with Crippen LogP contribution in [0.3, 0.4) is 0 Å². The van der Waals surface area contributed by atoms with Crippen LogP contribution >= 0.6 is 0 Å². The third kappa shape index (κ3) is 22.1. The number of hydrogen-bond donors (Lipinski definition) is 4. The maximum absolute atomic E-state index is 15.1. The summed E-state index contributed by atoms with van der Waals surface area (Å²) in [5.74, 6) is -10.8. The second-order valence-electron chi connectivity index (χ2n) is 26.8. The highest BCUT2D eigenvalue weighted by molar-refractivity contribution is 6.10. The first-order valence-corrected chi connectivity index (χ1v) is 31.2. The largest absolute Gasteiger partial charge is 0.379 e.